The minimum absolute atomic E-state index is 0.231. The number of rotatable bonds is 3. The number of aromatic carboxylic acids is 1. The van der Waals surface area contributed by atoms with E-state index in [1.807, 2.05) is 26.0 Å². The van der Waals surface area contributed by atoms with E-state index in [0.29, 0.717) is 16.0 Å². The van der Waals surface area contributed by atoms with Crippen LogP contribution < -0.4 is 0 Å². The molecule has 22 heavy (non-hydrogen) atoms. The number of fused-ring (bicyclic) bond motifs is 1. The van der Waals surface area contributed by atoms with Crippen molar-refractivity contribution in [1.29, 1.82) is 0 Å². The van der Waals surface area contributed by atoms with E-state index in [-0.39, 0.29) is 16.6 Å². The molecule has 0 spiro atoms. The molecule has 0 radical (unpaired) electrons. The molecule has 5 heteroatoms. The van der Waals surface area contributed by atoms with Gasteiger partial charge in [0.2, 0.25) is 0 Å². The minimum atomic E-state index is -0.992. The number of aromatic nitrogens is 1. The first-order valence-electron chi connectivity index (χ1n) is 6.90. The van der Waals surface area contributed by atoms with E-state index in [1.54, 1.807) is 12.1 Å². The molecule has 1 aromatic carbocycles. The zero-order valence-electron chi connectivity index (χ0n) is 12.1. The second-order valence-corrected chi connectivity index (χ2v) is 6.36. The van der Waals surface area contributed by atoms with Gasteiger partial charge in [0.1, 0.15) is 15.5 Å². The van der Waals surface area contributed by atoms with Gasteiger partial charge in [-0.05, 0) is 35.7 Å². The van der Waals surface area contributed by atoms with Crippen molar-refractivity contribution in [2.75, 3.05) is 0 Å². The number of benzene rings is 1. The van der Waals surface area contributed by atoms with Gasteiger partial charge in [-0.25, -0.2) is 14.2 Å². The van der Waals surface area contributed by atoms with Crippen molar-refractivity contribution in [2.45, 2.75) is 19.8 Å². The number of hydrogen-bond donors (Lipinski definition) is 1. The lowest BCUT2D eigenvalue weighted by molar-refractivity contribution is 0.0703. The lowest BCUT2D eigenvalue weighted by atomic mass is 10.0. The van der Waals surface area contributed by atoms with Crippen molar-refractivity contribution in [1.82, 2.24) is 4.98 Å². The number of pyridine rings is 1. The molecule has 112 valence electrons. The van der Waals surface area contributed by atoms with E-state index in [9.17, 15) is 14.3 Å². The third-order valence-electron chi connectivity index (χ3n) is 3.50. The van der Waals surface area contributed by atoms with E-state index in [1.165, 1.54) is 12.1 Å². The highest BCUT2D eigenvalue weighted by molar-refractivity contribution is 7.21. The van der Waals surface area contributed by atoms with Crippen LogP contribution in [0.4, 0.5) is 4.39 Å². The second kappa shape index (κ2) is 5.50. The van der Waals surface area contributed by atoms with E-state index < -0.39 is 5.97 Å². The Morgan fingerprint density at radius 1 is 1.18 bits per heavy atom. The van der Waals surface area contributed by atoms with Crippen LogP contribution in [0.5, 0.6) is 0 Å². The van der Waals surface area contributed by atoms with Crippen LogP contribution in [0.3, 0.4) is 0 Å². The molecule has 0 atom stereocenters. The SMILES string of the molecule is CC(C)c1ccc2c(-c3ccc(F)cc3)c(C(=O)O)sc2n1. The molecule has 0 amide bonds. The summed E-state index contributed by atoms with van der Waals surface area (Å²) in [7, 11) is 0. The van der Waals surface area contributed by atoms with E-state index in [4.69, 9.17) is 0 Å². The smallest absolute Gasteiger partial charge is 0.346 e. The summed E-state index contributed by atoms with van der Waals surface area (Å²) in [4.78, 5) is 17.1. The van der Waals surface area contributed by atoms with Crippen LogP contribution in [0.1, 0.15) is 35.1 Å². The summed E-state index contributed by atoms with van der Waals surface area (Å²) < 4.78 is 13.1. The van der Waals surface area contributed by atoms with Gasteiger partial charge in [0.15, 0.2) is 0 Å². The lowest BCUT2D eigenvalue weighted by Gasteiger charge is -2.05. The Morgan fingerprint density at radius 3 is 2.45 bits per heavy atom. The van der Waals surface area contributed by atoms with Crippen molar-refractivity contribution in [3.8, 4) is 11.1 Å². The first kappa shape index (κ1) is 14.7. The number of thiophene rings is 1. The Kier molecular flexibility index (Phi) is 3.66. The molecule has 0 aliphatic heterocycles. The van der Waals surface area contributed by atoms with Crippen molar-refractivity contribution < 1.29 is 14.3 Å². The Balaban J connectivity index is 2.29. The first-order chi connectivity index (χ1) is 10.5. The number of carboxylic acids is 1. The average molecular weight is 315 g/mol. The molecule has 0 saturated carbocycles. The van der Waals surface area contributed by atoms with E-state index in [0.717, 1.165) is 22.4 Å². The van der Waals surface area contributed by atoms with Crippen LogP contribution in [0, 0.1) is 5.82 Å². The summed E-state index contributed by atoms with van der Waals surface area (Å²) in [6.07, 6.45) is 0. The fraction of sp³-hybridized carbons (Fsp3) is 0.176. The third kappa shape index (κ3) is 2.48. The zero-order chi connectivity index (χ0) is 15.9. The second-order valence-electron chi connectivity index (χ2n) is 5.36. The van der Waals surface area contributed by atoms with Crippen LogP contribution in [0.15, 0.2) is 36.4 Å². The fourth-order valence-electron chi connectivity index (χ4n) is 2.37. The largest absolute Gasteiger partial charge is 0.477 e. The van der Waals surface area contributed by atoms with Crippen LogP contribution in [0.25, 0.3) is 21.3 Å². The molecule has 0 bridgehead atoms. The predicted molar refractivity (Wildman–Crippen MR) is 86.1 cm³/mol. The van der Waals surface area contributed by atoms with E-state index >= 15 is 0 Å². The van der Waals surface area contributed by atoms with Crippen molar-refractivity contribution in [3.63, 3.8) is 0 Å². The monoisotopic (exact) mass is 315 g/mol. The van der Waals surface area contributed by atoms with Crippen LogP contribution in [-0.2, 0) is 0 Å². The van der Waals surface area contributed by atoms with Gasteiger partial charge in [-0.2, -0.15) is 0 Å². The molecule has 3 rings (SSSR count). The highest BCUT2D eigenvalue weighted by atomic mass is 32.1. The van der Waals surface area contributed by atoms with Crippen LogP contribution in [-0.4, -0.2) is 16.1 Å². The summed E-state index contributed by atoms with van der Waals surface area (Å²) in [5.41, 5.74) is 2.22. The number of halogens is 1. The van der Waals surface area contributed by atoms with Gasteiger partial charge in [0.05, 0.1) is 0 Å². The summed E-state index contributed by atoms with van der Waals surface area (Å²) in [6, 6.07) is 9.68. The molecule has 1 N–H and O–H groups in total. The molecule has 3 nitrogen and oxygen atoms in total. The van der Waals surface area contributed by atoms with Crippen molar-refractivity contribution in [3.05, 3.63) is 52.8 Å². The summed E-state index contributed by atoms with van der Waals surface area (Å²) in [5, 5.41) is 10.3. The van der Waals surface area contributed by atoms with Gasteiger partial charge in [0.25, 0.3) is 0 Å². The topological polar surface area (TPSA) is 50.2 Å². The standard InChI is InChI=1S/C17H14FNO2S/c1-9(2)13-8-7-12-14(10-3-5-11(18)6-4-10)15(17(20)21)22-16(12)19-13/h3-9H,1-2H3,(H,20,21). The lowest BCUT2D eigenvalue weighted by Crippen LogP contribution is -1.94. The van der Waals surface area contributed by atoms with Crippen molar-refractivity contribution in [2.24, 2.45) is 0 Å². The maximum atomic E-state index is 13.1. The van der Waals surface area contributed by atoms with Crippen molar-refractivity contribution >= 4 is 27.5 Å². The molecule has 0 aliphatic carbocycles. The molecule has 0 aliphatic rings. The van der Waals surface area contributed by atoms with E-state index in [2.05, 4.69) is 4.98 Å². The minimum Gasteiger partial charge on any atom is -0.477 e. The van der Waals surface area contributed by atoms with Gasteiger partial charge in [-0.3, -0.25) is 0 Å². The Morgan fingerprint density at radius 2 is 1.86 bits per heavy atom. The Labute approximate surface area is 131 Å². The van der Waals surface area contributed by atoms with Gasteiger partial charge >= 0.3 is 5.97 Å². The Hall–Kier alpha value is -2.27. The van der Waals surface area contributed by atoms with Gasteiger partial charge < -0.3 is 5.11 Å². The number of carboxylic acid groups (broad SMARTS) is 1. The number of nitrogens with zero attached hydrogens (tertiary/aromatic N) is 1. The molecule has 0 saturated heterocycles. The average Bonchev–Trinajstić information content (AvgIpc) is 2.86. The normalized spacial score (nSPS) is 11.3. The highest BCUT2D eigenvalue weighted by Gasteiger charge is 2.20. The molecule has 3 aromatic rings. The summed E-state index contributed by atoms with van der Waals surface area (Å²) >= 11 is 1.16. The van der Waals surface area contributed by atoms with Crippen LogP contribution >= 0.6 is 11.3 Å². The molecule has 2 heterocycles. The molecule has 2 aromatic heterocycles. The maximum Gasteiger partial charge on any atom is 0.346 e. The molecule has 0 unspecified atom stereocenters. The van der Waals surface area contributed by atoms with Gasteiger partial charge in [-0.15, -0.1) is 11.3 Å². The quantitative estimate of drug-likeness (QED) is 0.746. The van der Waals surface area contributed by atoms with Gasteiger partial charge in [-0.1, -0.05) is 26.0 Å². The number of hydrogen-bond acceptors (Lipinski definition) is 3. The Bertz CT molecular complexity index is 853. The predicted octanol–water partition coefficient (Wildman–Crippen LogP) is 4.92. The molecule has 0 fully saturated rings. The zero-order valence-corrected chi connectivity index (χ0v) is 12.9. The summed E-state index contributed by atoms with van der Waals surface area (Å²) in [5.74, 6) is -1.07. The van der Waals surface area contributed by atoms with Crippen LogP contribution in [0.2, 0.25) is 0 Å². The fourth-order valence-corrected chi connectivity index (χ4v) is 3.41. The highest BCUT2D eigenvalue weighted by Crippen LogP contribution is 2.38. The first-order valence-corrected chi connectivity index (χ1v) is 7.71. The third-order valence-corrected chi connectivity index (χ3v) is 4.58. The summed E-state index contributed by atoms with van der Waals surface area (Å²) in [6.45, 7) is 4.08. The van der Waals surface area contributed by atoms with Gasteiger partial charge in [0, 0.05) is 16.6 Å². The molecular formula is C17H14FNO2S. The maximum absolute atomic E-state index is 13.1. The molecular weight excluding hydrogens is 301 g/mol. The number of carbonyl (C=O) groups is 1.